The van der Waals surface area contributed by atoms with Gasteiger partial charge in [-0.15, -0.1) is 0 Å². The fourth-order valence-corrected chi connectivity index (χ4v) is 2.54. The summed E-state index contributed by atoms with van der Waals surface area (Å²) in [4.78, 5) is 38.0. The van der Waals surface area contributed by atoms with Crippen molar-refractivity contribution < 1.29 is 19.5 Å². The zero-order chi connectivity index (χ0) is 16.3. The second-order valence-electron chi connectivity index (χ2n) is 5.36. The number of carboxylic acid groups (broad SMARTS) is 1. The van der Waals surface area contributed by atoms with Gasteiger partial charge < -0.3 is 14.9 Å². The highest BCUT2D eigenvalue weighted by Gasteiger charge is 2.36. The molecule has 0 radical (unpaired) electrons. The molecule has 1 atom stereocenters. The van der Waals surface area contributed by atoms with Gasteiger partial charge in [-0.2, -0.15) is 5.10 Å². The summed E-state index contributed by atoms with van der Waals surface area (Å²) in [7, 11) is 0. The van der Waals surface area contributed by atoms with Crippen LogP contribution in [0.3, 0.4) is 0 Å². The molecule has 1 aromatic heterocycles. The van der Waals surface area contributed by atoms with Crippen LogP contribution in [0.1, 0.15) is 36.5 Å². The van der Waals surface area contributed by atoms with E-state index in [4.69, 9.17) is 5.11 Å². The summed E-state index contributed by atoms with van der Waals surface area (Å²) in [6.07, 6.45) is 1.75. The zero-order valence-electron chi connectivity index (χ0n) is 12.7. The van der Waals surface area contributed by atoms with Crippen LogP contribution in [0.15, 0.2) is 6.07 Å². The van der Waals surface area contributed by atoms with Gasteiger partial charge in [0.1, 0.15) is 18.3 Å². The molecule has 0 aliphatic carbocycles. The van der Waals surface area contributed by atoms with Crippen LogP contribution >= 0.6 is 0 Å². The molecule has 8 nitrogen and oxygen atoms in total. The fraction of sp³-hybridized carbons (Fsp3) is 0.571. The van der Waals surface area contributed by atoms with Gasteiger partial charge in [0.2, 0.25) is 5.91 Å². The number of nitrogens with one attached hydrogen (secondary N) is 1. The van der Waals surface area contributed by atoms with E-state index in [-0.39, 0.29) is 30.6 Å². The first-order valence-corrected chi connectivity index (χ1v) is 7.29. The maximum Gasteiger partial charge on any atom is 0.323 e. The van der Waals surface area contributed by atoms with Crippen LogP contribution in [-0.2, 0) is 16.0 Å². The lowest BCUT2D eigenvalue weighted by atomic mass is 10.1. The maximum atomic E-state index is 12.5. The van der Waals surface area contributed by atoms with Crippen LogP contribution in [0.25, 0.3) is 0 Å². The van der Waals surface area contributed by atoms with Crippen LogP contribution < -0.4 is 0 Å². The molecule has 1 unspecified atom stereocenters. The van der Waals surface area contributed by atoms with E-state index >= 15 is 0 Å². The Kier molecular flexibility index (Phi) is 4.79. The summed E-state index contributed by atoms with van der Waals surface area (Å²) in [5.41, 5.74) is 1.17. The highest BCUT2D eigenvalue weighted by Crippen LogP contribution is 2.15. The minimum atomic E-state index is -1.06. The van der Waals surface area contributed by atoms with Crippen molar-refractivity contribution in [2.75, 3.05) is 19.6 Å². The summed E-state index contributed by atoms with van der Waals surface area (Å²) >= 11 is 0. The number of hydrogen-bond donors (Lipinski definition) is 2. The number of nitrogens with zero attached hydrogens (tertiary/aromatic N) is 3. The van der Waals surface area contributed by atoms with Gasteiger partial charge in [0, 0.05) is 18.8 Å². The van der Waals surface area contributed by atoms with E-state index in [0.717, 1.165) is 18.5 Å². The monoisotopic (exact) mass is 308 g/mol. The molecule has 22 heavy (non-hydrogen) atoms. The van der Waals surface area contributed by atoms with E-state index in [2.05, 4.69) is 10.2 Å². The average molecular weight is 308 g/mol. The summed E-state index contributed by atoms with van der Waals surface area (Å²) in [6, 6.07) is 1.01. The third kappa shape index (κ3) is 3.26. The first kappa shape index (κ1) is 16.0. The van der Waals surface area contributed by atoms with Gasteiger partial charge in [-0.25, -0.2) is 0 Å². The molecule has 1 aromatic rings. The van der Waals surface area contributed by atoms with Crippen molar-refractivity contribution in [3.8, 4) is 0 Å². The molecule has 0 aromatic carbocycles. The molecule has 2 rings (SSSR count). The summed E-state index contributed by atoms with van der Waals surface area (Å²) in [5.74, 6) is -1.72. The third-order valence-electron chi connectivity index (χ3n) is 3.70. The Balaban J connectivity index is 2.07. The topological polar surface area (TPSA) is 107 Å². The molecule has 0 bridgehead atoms. The van der Waals surface area contributed by atoms with Crippen LogP contribution in [0.2, 0.25) is 0 Å². The Hall–Kier alpha value is -2.38. The van der Waals surface area contributed by atoms with E-state index in [0.29, 0.717) is 6.54 Å². The molecule has 0 saturated carbocycles. The summed E-state index contributed by atoms with van der Waals surface area (Å²) in [6.45, 7) is 3.81. The number of carbonyl (C=O) groups excluding carboxylic acids is 2. The number of rotatable bonds is 5. The molecule has 2 amide bonds. The average Bonchev–Trinajstić information content (AvgIpc) is 2.92. The Morgan fingerprint density at radius 1 is 1.45 bits per heavy atom. The van der Waals surface area contributed by atoms with Crippen LogP contribution in [0.4, 0.5) is 0 Å². The number of aliphatic carboxylic acids is 1. The van der Waals surface area contributed by atoms with Gasteiger partial charge in [0.15, 0.2) is 0 Å². The molecule has 1 aliphatic heterocycles. The van der Waals surface area contributed by atoms with E-state index in [9.17, 15) is 14.4 Å². The third-order valence-corrected chi connectivity index (χ3v) is 3.70. The van der Waals surface area contributed by atoms with Crippen molar-refractivity contribution in [1.82, 2.24) is 20.0 Å². The lowest BCUT2D eigenvalue weighted by molar-refractivity contribution is -0.148. The van der Waals surface area contributed by atoms with Crippen LogP contribution in [0.5, 0.6) is 0 Å². The van der Waals surface area contributed by atoms with Crippen molar-refractivity contribution in [3.05, 3.63) is 17.5 Å². The highest BCUT2D eigenvalue weighted by molar-refractivity contribution is 5.97. The van der Waals surface area contributed by atoms with Gasteiger partial charge in [-0.05, 0) is 19.4 Å². The second-order valence-corrected chi connectivity index (χ2v) is 5.36. The minimum Gasteiger partial charge on any atom is -0.480 e. The predicted molar refractivity (Wildman–Crippen MR) is 77.3 cm³/mol. The van der Waals surface area contributed by atoms with Crippen molar-refractivity contribution in [1.29, 1.82) is 0 Å². The molecular formula is C14H20N4O4. The smallest absolute Gasteiger partial charge is 0.323 e. The Labute approximate surface area is 128 Å². The normalized spacial score (nSPS) is 18.6. The predicted octanol–water partition coefficient (Wildman–Crippen LogP) is 0.120. The Bertz CT molecular complexity index is 583. The number of aryl methyl sites for hydroxylation is 1. The number of amides is 2. The fourth-order valence-electron chi connectivity index (χ4n) is 2.54. The van der Waals surface area contributed by atoms with Crippen molar-refractivity contribution in [2.45, 2.75) is 32.7 Å². The van der Waals surface area contributed by atoms with Crippen LogP contribution in [-0.4, -0.2) is 68.6 Å². The standard InChI is InChI=1S/C14H20N4O4/c1-3-4-10-7-11(16-15-10)14(22)18-6-5-17(8-12(19)20)13(21)9(18)2/h7,9H,3-6,8H2,1-2H3,(H,15,16)(H,19,20). The van der Waals surface area contributed by atoms with Gasteiger partial charge in [0.05, 0.1) is 0 Å². The number of aromatic amines is 1. The molecule has 2 heterocycles. The van der Waals surface area contributed by atoms with E-state index in [1.807, 2.05) is 6.92 Å². The largest absolute Gasteiger partial charge is 0.480 e. The number of carbonyl (C=O) groups is 3. The maximum absolute atomic E-state index is 12.5. The lowest BCUT2D eigenvalue weighted by Crippen LogP contribution is -2.58. The Morgan fingerprint density at radius 3 is 2.82 bits per heavy atom. The SMILES string of the molecule is CCCc1cc(C(=O)N2CCN(CC(=O)O)C(=O)C2C)n[nH]1. The van der Waals surface area contributed by atoms with Gasteiger partial charge in [-0.1, -0.05) is 13.3 Å². The van der Waals surface area contributed by atoms with E-state index in [1.165, 1.54) is 9.80 Å². The van der Waals surface area contributed by atoms with Gasteiger partial charge >= 0.3 is 5.97 Å². The quantitative estimate of drug-likeness (QED) is 0.803. The van der Waals surface area contributed by atoms with Gasteiger partial charge in [0.25, 0.3) is 5.91 Å². The number of aromatic nitrogens is 2. The highest BCUT2D eigenvalue weighted by atomic mass is 16.4. The van der Waals surface area contributed by atoms with E-state index < -0.39 is 12.0 Å². The van der Waals surface area contributed by atoms with Gasteiger partial charge in [-0.3, -0.25) is 19.5 Å². The lowest BCUT2D eigenvalue weighted by Gasteiger charge is -2.38. The molecule has 0 spiro atoms. The van der Waals surface area contributed by atoms with Crippen molar-refractivity contribution >= 4 is 17.8 Å². The zero-order valence-corrected chi connectivity index (χ0v) is 12.7. The summed E-state index contributed by atoms with van der Waals surface area (Å²) in [5, 5.41) is 15.6. The molecule has 8 heteroatoms. The van der Waals surface area contributed by atoms with E-state index in [1.54, 1.807) is 13.0 Å². The second kappa shape index (κ2) is 6.59. The molecular weight excluding hydrogens is 288 g/mol. The number of carboxylic acids is 1. The van der Waals surface area contributed by atoms with Crippen LogP contribution in [0, 0.1) is 0 Å². The number of piperazine rings is 1. The summed E-state index contributed by atoms with van der Waals surface area (Å²) < 4.78 is 0. The number of H-pyrrole nitrogens is 1. The molecule has 2 N–H and O–H groups in total. The molecule has 1 aliphatic rings. The first-order chi connectivity index (χ1) is 10.4. The minimum absolute atomic E-state index is 0.216. The molecule has 1 fully saturated rings. The van der Waals surface area contributed by atoms with Crippen molar-refractivity contribution in [2.24, 2.45) is 0 Å². The molecule has 1 saturated heterocycles. The molecule has 120 valence electrons. The number of hydrogen-bond acceptors (Lipinski definition) is 4. The Morgan fingerprint density at radius 2 is 2.18 bits per heavy atom. The first-order valence-electron chi connectivity index (χ1n) is 7.29. The van der Waals surface area contributed by atoms with Crippen molar-refractivity contribution in [3.63, 3.8) is 0 Å².